The van der Waals surface area contributed by atoms with Crippen molar-refractivity contribution < 1.29 is 9.53 Å². The normalized spacial score (nSPS) is 11.8. The Kier molecular flexibility index (Phi) is 3.04. The van der Waals surface area contributed by atoms with Crippen molar-refractivity contribution in [2.75, 3.05) is 7.11 Å². The molecule has 0 saturated carbocycles. The monoisotopic (exact) mass is 195 g/mol. The number of methoxy groups -OCH3 is 1. The lowest BCUT2D eigenvalue weighted by Gasteiger charge is -1.93. The maximum Gasteiger partial charge on any atom is 0.348 e. The van der Waals surface area contributed by atoms with E-state index in [9.17, 15) is 4.79 Å². The smallest absolute Gasteiger partial charge is 0.348 e. The number of nitrogens with zero attached hydrogens (tertiary/aromatic N) is 1. The van der Waals surface area contributed by atoms with Gasteiger partial charge in [-0.05, 0) is 12.1 Å². The molecule has 1 atom stereocenters. The van der Waals surface area contributed by atoms with E-state index in [1.54, 1.807) is 19.1 Å². The summed E-state index contributed by atoms with van der Waals surface area (Å²) >= 11 is 1.31. The Morgan fingerprint density at radius 2 is 2.38 bits per heavy atom. The van der Waals surface area contributed by atoms with Crippen LogP contribution >= 0.6 is 11.3 Å². The van der Waals surface area contributed by atoms with Crippen molar-refractivity contribution in [3.63, 3.8) is 0 Å². The van der Waals surface area contributed by atoms with Crippen molar-refractivity contribution in [3.05, 3.63) is 33.3 Å². The standard InChI is InChI=1S/C9H9NO2S/c1-6(10-2)7-4-5-8(13-7)9(11)12-3/h4-6H,1,3H3. The second kappa shape index (κ2) is 4.06. The Bertz CT molecular complexity index is 351. The molecule has 0 fully saturated rings. The molecule has 1 rings (SSSR count). The summed E-state index contributed by atoms with van der Waals surface area (Å²) in [6.45, 7) is 8.63. The van der Waals surface area contributed by atoms with Crippen LogP contribution in [-0.4, -0.2) is 13.1 Å². The summed E-state index contributed by atoms with van der Waals surface area (Å²) in [4.78, 5) is 15.9. The Labute approximate surface area is 80.8 Å². The minimum atomic E-state index is -0.339. The molecule has 13 heavy (non-hydrogen) atoms. The zero-order valence-corrected chi connectivity index (χ0v) is 8.22. The highest BCUT2D eigenvalue weighted by Gasteiger charge is 2.15. The third-order valence-corrected chi connectivity index (χ3v) is 2.85. The predicted molar refractivity (Wildman–Crippen MR) is 50.7 cm³/mol. The lowest BCUT2D eigenvalue weighted by atomic mass is 10.3. The molecule has 0 aliphatic carbocycles. The van der Waals surface area contributed by atoms with Gasteiger partial charge < -0.3 is 9.58 Å². The molecule has 1 unspecified atom stereocenters. The summed E-state index contributed by atoms with van der Waals surface area (Å²) in [5, 5.41) is 0. The molecule has 0 aliphatic heterocycles. The third kappa shape index (κ3) is 2.07. The number of carbonyl (C=O) groups excluding carboxylic acids is 1. The van der Waals surface area contributed by atoms with Gasteiger partial charge in [-0.15, -0.1) is 11.3 Å². The van der Waals surface area contributed by atoms with Crippen molar-refractivity contribution in [2.45, 2.75) is 13.0 Å². The number of thiophene rings is 1. The van der Waals surface area contributed by atoms with Crippen LogP contribution < -0.4 is 0 Å². The van der Waals surface area contributed by atoms with E-state index in [1.165, 1.54) is 18.4 Å². The molecule has 0 aromatic carbocycles. The molecule has 1 aromatic heterocycles. The van der Waals surface area contributed by atoms with E-state index >= 15 is 0 Å². The first-order chi connectivity index (χ1) is 6.19. The van der Waals surface area contributed by atoms with E-state index in [1.807, 2.05) is 0 Å². The summed E-state index contributed by atoms with van der Waals surface area (Å²) in [6.07, 6.45) is 0. The average Bonchev–Trinajstić information content (AvgIpc) is 2.64. The molecular weight excluding hydrogens is 186 g/mol. The maximum atomic E-state index is 11.0. The first-order valence-corrected chi connectivity index (χ1v) is 4.55. The van der Waals surface area contributed by atoms with E-state index in [0.717, 1.165) is 4.88 Å². The van der Waals surface area contributed by atoms with Crippen molar-refractivity contribution in [1.29, 1.82) is 0 Å². The number of esters is 1. The summed E-state index contributed by atoms with van der Waals surface area (Å²) in [5.74, 6) is -0.339. The van der Waals surface area contributed by atoms with Crippen LogP contribution in [0.5, 0.6) is 0 Å². The van der Waals surface area contributed by atoms with Gasteiger partial charge in [0.1, 0.15) is 4.88 Å². The van der Waals surface area contributed by atoms with Crippen LogP contribution in [0.4, 0.5) is 0 Å². The number of ether oxygens (including phenoxy) is 1. The van der Waals surface area contributed by atoms with Crippen LogP contribution in [0.15, 0.2) is 12.1 Å². The minimum absolute atomic E-state index is 0.177. The van der Waals surface area contributed by atoms with Gasteiger partial charge in [-0.3, -0.25) is 0 Å². The molecule has 0 radical (unpaired) electrons. The fourth-order valence-corrected chi connectivity index (χ4v) is 1.77. The molecule has 4 heteroatoms. The predicted octanol–water partition coefficient (Wildman–Crippen LogP) is 2.51. The third-order valence-electron chi connectivity index (χ3n) is 1.62. The van der Waals surface area contributed by atoms with Crippen molar-refractivity contribution in [2.24, 2.45) is 0 Å². The molecule has 0 amide bonds. The molecule has 0 saturated heterocycles. The van der Waals surface area contributed by atoms with E-state index < -0.39 is 0 Å². The fourth-order valence-electron chi connectivity index (χ4n) is 0.851. The van der Waals surface area contributed by atoms with Crippen molar-refractivity contribution in [1.82, 2.24) is 0 Å². The first-order valence-electron chi connectivity index (χ1n) is 3.73. The van der Waals surface area contributed by atoms with Gasteiger partial charge in [-0.25, -0.2) is 11.4 Å². The number of carbonyl (C=O) groups is 1. The highest BCUT2D eigenvalue weighted by molar-refractivity contribution is 7.14. The van der Waals surface area contributed by atoms with Gasteiger partial charge in [0.2, 0.25) is 0 Å². The van der Waals surface area contributed by atoms with Gasteiger partial charge in [0.15, 0.2) is 0 Å². The SMILES string of the molecule is [C-]#[N+]C(C)c1ccc(C(=O)OC)s1. The minimum Gasteiger partial charge on any atom is -0.465 e. The molecule has 0 spiro atoms. The summed E-state index contributed by atoms with van der Waals surface area (Å²) in [7, 11) is 1.35. The van der Waals surface area contributed by atoms with Gasteiger partial charge in [-0.1, -0.05) is 0 Å². The van der Waals surface area contributed by atoms with E-state index in [0.29, 0.717) is 4.88 Å². The van der Waals surface area contributed by atoms with Crippen molar-refractivity contribution >= 4 is 17.3 Å². The second-order valence-corrected chi connectivity index (χ2v) is 3.61. The first kappa shape index (κ1) is 9.75. The average molecular weight is 195 g/mol. The second-order valence-electron chi connectivity index (χ2n) is 2.50. The number of hydrogen-bond donors (Lipinski definition) is 0. The highest BCUT2D eigenvalue weighted by Crippen LogP contribution is 2.25. The number of hydrogen-bond acceptors (Lipinski definition) is 3. The van der Waals surface area contributed by atoms with Crippen LogP contribution in [0.2, 0.25) is 0 Å². The van der Waals surface area contributed by atoms with Gasteiger partial charge in [-0.2, -0.15) is 0 Å². The topological polar surface area (TPSA) is 30.7 Å². The lowest BCUT2D eigenvalue weighted by Crippen LogP contribution is -1.96. The van der Waals surface area contributed by atoms with Gasteiger partial charge in [0.25, 0.3) is 6.04 Å². The fraction of sp³-hybridized carbons (Fsp3) is 0.333. The molecular formula is C9H9NO2S. The zero-order chi connectivity index (χ0) is 9.84. The van der Waals surface area contributed by atoms with Crippen LogP contribution in [0.1, 0.15) is 27.5 Å². The summed E-state index contributed by atoms with van der Waals surface area (Å²) in [6, 6.07) is 3.30. The molecule has 68 valence electrons. The zero-order valence-electron chi connectivity index (χ0n) is 7.40. The van der Waals surface area contributed by atoms with Crippen molar-refractivity contribution in [3.8, 4) is 0 Å². The lowest BCUT2D eigenvalue weighted by molar-refractivity contribution is 0.0606. The van der Waals surface area contributed by atoms with Gasteiger partial charge in [0.05, 0.1) is 12.0 Å². The van der Waals surface area contributed by atoms with Crippen LogP contribution in [0.3, 0.4) is 0 Å². The highest BCUT2D eigenvalue weighted by atomic mass is 32.1. The van der Waals surface area contributed by atoms with Gasteiger partial charge in [0, 0.05) is 6.92 Å². The molecule has 0 N–H and O–H groups in total. The van der Waals surface area contributed by atoms with Gasteiger partial charge >= 0.3 is 5.97 Å². The van der Waals surface area contributed by atoms with E-state index in [-0.39, 0.29) is 12.0 Å². The Hall–Kier alpha value is -1.34. The van der Waals surface area contributed by atoms with Crippen LogP contribution in [0.25, 0.3) is 4.85 Å². The van der Waals surface area contributed by atoms with Crippen LogP contribution in [0, 0.1) is 6.57 Å². The largest absolute Gasteiger partial charge is 0.465 e. The Balaban J connectivity index is 2.88. The summed E-state index contributed by atoms with van der Waals surface area (Å²) in [5.41, 5.74) is 0. The molecule has 0 aliphatic rings. The molecule has 0 bridgehead atoms. The van der Waals surface area contributed by atoms with Crippen LogP contribution in [-0.2, 0) is 4.74 Å². The van der Waals surface area contributed by atoms with E-state index in [4.69, 9.17) is 6.57 Å². The maximum absolute atomic E-state index is 11.0. The molecule has 1 aromatic rings. The molecule has 1 heterocycles. The Morgan fingerprint density at radius 1 is 1.69 bits per heavy atom. The van der Waals surface area contributed by atoms with E-state index in [2.05, 4.69) is 9.58 Å². The Morgan fingerprint density at radius 3 is 2.92 bits per heavy atom. The number of rotatable bonds is 2. The summed E-state index contributed by atoms with van der Waals surface area (Å²) < 4.78 is 4.56. The quantitative estimate of drug-likeness (QED) is 0.536. The molecule has 3 nitrogen and oxygen atoms in total.